The van der Waals surface area contributed by atoms with Crippen LogP contribution in [-0.4, -0.2) is 39.3 Å². The largest absolute Gasteiger partial charge is 0.369 e. The lowest BCUT2D eigenvalue weighted by Crippen LogP contribution is -2.15. The molecule has 0 spiro atoms. The molecule has 0 aromatic carbocycles. The standard InChI is InChI=1S/C12H18N4OS2/c1-8(19(3)17)4-6-14-10-9-5-7-18-11(9)16-12(13-2)15-10/h5,7-8H,4,6H2,1-3H3,(H2,13,14,15,16). The topological polar surface area (TPSA) is 66.9 Å². The predicted molar refractivity (Wildman–Crippen MR) is 83.6 cm³/mol. The number of hydrogen-bond donors (Lipinski definition) is 2. The number of thiophene rings is 1. The maximum absolute atomic E-state index is 11.3. The van der Waals surface area contributed by atoms with Gasteiger partial charge in [-0.25, -0.2) is 4.98 Å². The third-order valence-corrected chi connectivity index (χ3v) is 5.13. The normalized spacial score (nSPS) is 14.3. The Hall–Kier alpha value is -1.21. The van der Waals surface area contributed by atoms with Gasteiger partial charge in [0, 0.05) is 35.9 Å². The van der Waals surface area contributed by atoms with Crippen LogP contribution in [0, 0.1) is 0 Å². The quantitative estimate of drug-likeness (QED) is 0.856. The molecular formula is C12H18N4OS2. The number of aromatic nitrogens is 2. The lowest BCUT2D eigenvalue weighted by Gasteiger charge is -2.11. The van der Waals surface area contributed by atoms with Crippen LogP contribution in [0.4, 0.5) is 11.8 Å². The van der Waals surface area contributed by atoms with Gasteiger partial charge in [0.1, 0.15) is 10.6 Å². The smallest absolute Gasteiger partial charge is 0.225 e. The van der Waals surface area contributed by atoms with Gasteiger partial charge >= 0.3 is 0 Å². The van der Waals surface area contributed by atoms with Crippen molar-refractivity contribution >= 4 is 44.1 Å². The van der Waals surface area contributed by atoms with E-state index in [0.29, 0.717) is 5.95 Å². The van der Waals surface area contributed by atoms with Gasteiger partial charge in [0.15, 0.2) is 0 Å². The van der Waals surface area contributed by atoms with E-state index < -0.39 is 10.8 Å². The van der Waals surface area contributed by atoms with Crippen LogP contribution in [0.1, 0.15) is 13.3 Å². The van der Waals surface area contributed by atoms with Crippen molar-refractivity contribution in [3.8, 4) is 0 Å². The first-order valence-corrected chi connectivity index (χ1v) is 8.61. The van der Waals surface area contributed by atoms with Gasteiger partial charge in [0.2, 0.25) is 5.95 Å². The Labute approximate surface area is 119 Å². The molecule has 2 rings (SSSR count). The Balaban J connectivity index is 2.11. The summed E-state index contributed by atoms with van der Waals surface area (Å²) in [4.78, 5) is 9.79. The molecule has 2 aromatic rings. The highest BCUT2D eigenvalue weighted by Crippen LogP contribution is 2.26. The van der Waals surface area contributed by atoms with E-state index in [1.165, 1.54) is 0 Å². The highest BCUT2D eigenvalue weighted by Gasteiger charge is 2.09. The number of anilines is 2. The average Bonchev–Trinajstić information content (AvgIpc) is 2.86. The minimum Gasteiger partial charge on any atom is -0.369 e. The molecule has 2 N–H and O–H groups in total. The second kappa shape index (κ2) is 6.29. The summed E-state index contributed by atoms with van der Waals surface area (Å²) in [6.07, 6.45) is 2.60. The van der Waals surface area contributed by atoms with E-state index in [-0.39, 0.29) is 5.25 Å². The van der Waals surface area contributed by atoms with Crippen molar-refractivity contribution < 1.29 is 4.21 Å². The number of rotatable bonds is 6. The third kappa shape index (κ3) is 3.42. The van der Waals surface area contributed by atoms with Crippen LogP contribution in [0.5, 0.6) is 0 Å². The Morgan fingerprint density at radius 3 is 2.95 bits per heavy atom. The summed E-state index contributed by atoms with van der Waals surface area (Å²) in [5.41, 5.74) is 0. The molecule has 104 valence electrons. The molecule has 0 saturated carbocycles. The molecule has 2 aromatic heterocycles. The van der Waals surface area contributed by atoms with Crippen molar-refractivity contribution in [1.82, 2.24) is 9.97 Å². The number of fused-ring (bicyclic) bond motifs is 1. The van der Waals surface area contributed by atoms with Crippen LogP contribution in [0.3, 0.4) is 0 Å². The molecule has 5 nitrogen and oxygen atoms in total. The van der Waals surface area contributed by atoms with E-state index >= 15 is 0 Å². The summed E-state index contributed by atoms with van der Waals surface area (Å²) >= 11 is 1.60. The molecule has 0 bridgehead atoms. The first-order chi connectivity index (χ1) is 9.11. The van der Waals surface area contributed by atoms with E-state index in [0.717, 1.165) is 29.0 Å². The van der Waals surface area contributed by atoms with Gasteiger partial charge in [-0.15, -0.1) is 11.3 Å². The maximum atomic E-state index is 11.3. The van der Waals surface area contributed by atoms with Crippen molar-refractivity contribution in [2.45, 2.75) is 18.6 Å². The van der Waals surface area contributed by atoms with Crippen molar-refractivity contribution in [3.05, 3.63) is 11.4 Å². The van der Waals surface area contributed by atoms with Crippen LogP contribution < -0.4 is 10.6 Å². The summed E-state index contributed by atoms with van der Waals surface area (Å²) in [5, 5.41) is 9.51. The van der Waals surface area contributed by atoms with Crippen LogP contribution in [-0.2, 0) is 10.8 Å². The molecule has 0 amide bonds. The number of hydrogen-bond acceptors (Lipinski definition) is 6. The lowest BCUT2D eigenvalue weighted by atomic mass is 10.3. The van der Waals surface area contributed by atoms with E-state index in [4.69, 9.17) is 0 Å². The zero-order valence-corrected chi connectivity index (χ0v) is 12.9. The van der Waals surface area contributed by atoms with Crippen molar-refractivity contribution in [3.63, 3.8) is 0 Å². The first-order valence-electron chi connectivity index (χ1n) is 6.11. The van der Waals surface area contributed by atoms with Gasteiger partial charge in [-0.2, -0.15) is 4.98 Å². The SMILES string of the molecule is CNc1nc(NCCC(C)S(C)=O)c2ccsc2n1. The molecule has 19 heavy (non-hydrogen) atoms. The fourth-order valence-corrected chi connectivity index (χ4v) is 2.88. The monoisotopic (exact) mass is 298 g/mol. The molecule has 2 unspecified atom stereocenters. The molecule has 2 atom stereocenters. The molecule has 0 aliphatic rings. The van der Waals surface area contributed by atoms with Gasteiger partial charge in [0.25, 0.3) is 0 Å². The highest BCUT2D eigenvalue weighted by atomic mass is 32.2. The Kier molecular flexibility index (Phi) is 4.71. The van der Waals surface area contributed by atoms with Crippen LogP contribution in [0.2, 0.25) is 0 Å². The zero-order chi connectivity index (χ0) is 13.8. The van der Waals surface area contributed by atoms with Crippen molar-refractivity contribution in [2.24, 2.45) is 0 Å². The first kappa shape index (κ1) is 14.2. The molecule has 0 fully saturated rings. The Bertz CT molecular complexity index is 584. The van der Waals surface area contributed by atoms with Crippen LogP contribution >= 0.6 is 11.3 Å². The summed E-state index contributed by atoms with van der Waals surface area (Å²) < 4.78 is 11.3. The van der Waals surface area contributed by atoms with E-state index in [2.05, 4.69) is 20.6 Å². The fourth-order valence-electron chi connectivity index (χ4n) is 1.66. The molecular weight excluding hydrogens is 280 g/mol. The molecule has 0 aliphatic carbocycles. The van der Waals surface area contributed by atoms with Gasteiger partial charge < -0.3 is 10.6 Å². The van der Waals surface area contributed by atoms with E-state index in [1.807, 2.05) is 18.4 Å². The Morgan fingerprint density at radius 2 is 2.26 bits per heavy atom. The molecule has 2 heterocycles. The van der Waals surface area contributed by atoms with Gasteiger partial charge in [-0.05, 0) is 17.9 Å². The minimum absolute atomic E-state index is 0.191. The zero-order valence-electron chi connectivity index (χ0n) is 11.3. The maximum Gasteiger partial charge on any atom is 0.225 e. The number of nitrogens with one attached hydrogen (secondary N) is 2. The van der Waals surface area contributed by atoms with E-state index in [1.54, 1.807) is 24.6 Å². The number of nitrogens with zero attached hydrogens (tertiary/aromatic N) is 2. The van der Waals surface area contributed by atoms with Crippen LogP contribution in [0.25, 0.3) is 10.2 Å². The summed E-state index contributed by atoms with van der Waals surface area (Å²) in [6.45, 7) is 2.75. The van der Waals surface area contributed by atoms with E-state index in [9.17, 15) is 4.21 Å². The molecule has 0 radical (unpaired) electrons. The molecule has 0 saturated heterocycles. The van der Waals surface area contributed by atoms with Crippen molar-refractivity contribution in [2.75, 3.05) is 30.5 Å². The van der Waals surface area contributed by atoms with Crippen molar-refractivity contribution in [1.29, 1.82) is 0 Å². The summed E-state index contributed by atoms with van der Waals surface area (Å²) in [5.74, 6) is 1.45. The highest BCUT2D eigenvalue weighted by molar-refractivity contribution is 7.84. The second-order valence-electron chi connectivity index (χ2n) is 4.31. The summed E-state index contributed by atoms with van der Waals surface area (Å²) in [7, 11) is 1.03. The van der Waals surface area contributed by atoms with Crippen LogP contribution in [0.15, 0.2) is 11.4 Å². The molecule has 7 heteroatoms. The third-order valence-electron chi connectivity index (χ3n) is 2.96. The summed E-state index contributed by atoms with van der Waals surface area (Å²) in [6, 6.07) is 2.02. The second-order valence-corrected chi connectivity index (χ2v) is 7.01. The Morgan fingerprint density at radius 1 is 1.47 bits per heavy atom. The molecule has 0 aliphatic heterocycles. The lowest BCUT2D eigenvalue weighted by molar-refractivity contribution is 0.672. The average molecular weight is 298 g/mol. The fraction of sp³-hybridized carbons (Fsp3) is 0.500. The van der Waals surface area contributed by atoms with Gasteiger partial charge in [-0.3, -0.25) is 4.21 Å². The van der Waals surface area contributed by atoms with Gasteiger partial charge in [-0.1, -0.05) is 6.92 Å². The van der Waals surface area contributed by atoms with Gasteiger partial charge in [0.05, 0.1) is 5.39 Å². The minimum atomic E-state index is -0.777. The predicted octanol–water partition coefficient (Wildman–Crippen LogP) is 2.30.